The van der Waals surface area contributed by atoms with Crippen LogP contribution in [0.2, 0.25) is 0 Å². The molecular formula is C12H9BrF3N3O2S. The maximum atomic E-state index is 12.9. The number of benzene rings is 1. The lowest BCUT2D eigenvalue weighted by Crippen LogP contribution is -2.26. The van der Waals surface area contributed by atoms with Crippen LogP contribution in [-0.2, 0) is 11.0 Å². The molecule has 1 aromatic rings. The first-order chi connectivity index (χ1) is 10.2. The number of para-hydroxylation sites is 1. The van der Waals surface area contributed by atoms with Crippen LogP contribution in [0.15, 0.2) is 27.7 Å². The molecule has 1 fully saturated rings. The van der Waals surface area contributed by atoms with E-state index in [2.05, 4.69) is 26.2 Å². The van der Waals surface area contributed by atoms with Crippen LogP contribution in [-0.4, -0.2) is 34.8 Å². The highest BCUT2D eigenvalue weighted by molar-refractivity contribution is 9.10. The summed E-state index contributed by atoms with van der Waals surface area (Å²) in [6, 6.07) is 2.46. The fraction of sp³-hybridized carbons (Fsp3) is 0.250. The van der Waals surface area contributed by atoms with Crippen LogP contribution >= 0.6 is 27.7 Å². The Morgan fingerprint density at radius 1 is 1.45 bits per heavy atom. The Labute approximate surface area is 136 Å². The van der Waals surface area contributed by atoms with E-state index in [9.17, 15) is 22.8 Å². The van der Waals surface area contributed by atoms with Crippen molar-refractivity contribution in [1.29, 1.82) is 0 Å². The molecule has 1 N–H and O–H groups in total. The number of hydrogen-bond acceptors (Lipinski definition) is 3. The molecule has 1 aromatic carbocycles. The Morgan fingerprint density at radius 2 is 2.14 bits per heavy atom. The SMILES string of the molecule is CN1C(=O)CSC1=NC(=O)Nc1c(Br)cccc1C(F)(F)F. The number of alkyl halides is 3. The zero-order chi connectivity index (χ0) is 16.5. The highest BCUT2D eigenvalue weighted by Crippen LogP contribution is 2.38. The molecule has 22 heavy (non-hydrogen) atoms. The summed E-state index contributed by atoms with van der Waals surface area (Å²) in [5.74, 6) is -0.0840. The summed E-state index contributed by atoms with van der Waals surface area (Å²) in [5, 5.41) is 2.24. The van der Waals surface area contributed by atoms with Crippen molar-refractivity contribution in [1.82, 2.24) is 4.90 Å². The van der Waals surface area contributed by atoms with E-state index in [1.807, 2.05) is 0 Å². The highest BCUT2D eigenvalue weighted by Gasteiger charge is 2.35. The summed E-state index contributed by atoms with van der Waals surface area (Å²) in [6.07, 6.45) is -4.62. The van der Waals surface area contributed by atoms with Crippen molar-refractivity contribution in [2.75, 3.05) is 18.1 Å². The smallest absolute Gasteiger partial charge is 0.304 e. The van der Waals surface area contributed by atoms with Crippen LogP contribution in [0.3, 0.4) is 0 Å². The van der Waals surface area contributed by atoms with Crippen molar-refractivity contribution in [3.05, 3.63) is 28.2 Å². The lowest BCUT2D eigenvalue weighted by atomic mass is 10.1. The van der Waals surface area contributed by atoms with E-state index in [0.717, 1.165) is 17.8 Å². The monoisotopic (exact) mass is 395 g/mol. The highest BCUT2D eigenvalue weighted by atomic mass is 79.9. The molecule has 1 saturated heterocycles. The minimum atomic E-state index is -4.62. The maximum absolute atomic E-state index is 12.9. The summed E-state index contributed by atoms with van der Waals surface area (Å²) in [6.45, 7) is 0. The average molecular weight is 396 g/mol. The van der Waals surface area contributed by atoms with Gasteiger partial charge >= 0.3 is 12.2 Å². The normalized spacial score (nSPS) is 17.2. The third-order valence-electron chi connectivity index (χ3n) is 2.73. The van der Waals surface area contributed by atoms with Crippen molar-refractivity contribution in [3.8, 4) is 0 Å². The first-order valence-corrected chi connectivity index (χ1v) is 7.62. The Balaban J connectivity index is 2.26. The number of amides is 3. The number of amidine groups is 1. The molecule has 0 spiro atoms. The molecule has 118 valence electrons. The number of carbonyl (C=O) groups is 2. The van der Waals surface area contributed by atoms with E-state index in [-0.39, 0.29) is 21.3 Å². The molecule has 0 bridgehead atoms. The number of aliphatic imine (C=N–C) groups is 1. The van der Waals surface area contributed by atoms with Crippen LogP contribution in [0, 0.1) is 0 Å². The second kappa shape index (κ2) is 6.29. The third-order valence-corrected chi connectivity index (χ3v) is 4.41. The number of thioether (sulfide) groups is 1. The molecule has 1 heterocycles. The number of nitrogens with one attached hydrogen (secondary N) is 1. The van der Waals surface area contributed by atoms with E-state index >= 15 is 0 Å². The molecule has 2 rings (SSSR count). The van der Waals surface area contributed by atoms with Crippen LogP contribution in [0.5, 0.6) is 0 Å². The molecule has 0 atom stereocenters. The molecule has 0 aliphatic carbocycles. The number of halogens is 4. The van der Waals surface area contributed by atoms with Crippen LogP contribution in [0.25, 0.3) is 0 Å². The van der Waals surface area contributed by atoms with Crippen LogP contribution < -0.4 is 5.32 Å². The molecule has 10 heteroatoms. The van der Waals surface area contributed by atoms with Crippen molar-refractivity contribution >= 4 is 50.5 Å². The predicted molar refractivity (Wildman–Crippen MR) is 80.8 cm³/mol. The van der Waals surface area contributed by atoms with Gasteiger partial charge in [-0.25, -0.2) is 4.79 Å². The van der Waals surface area contributed by atoms with E-state index in [1.165, 1.54) is 24.1 Å². The van der Waals surface area contributed by atoms with Gasteiger partial charge in [-0.3, -0.25) is 9.69 Å². The Bertz CT molecular complexity index is 664. The van der Waals surface area contributed by atoms with Crippen LogP contribution in [0.1, 0.15) is 5.56 Å². The summed E-state index contributed by atoms with van der Waals surface area (Å²) in [4.78, 5) is 27.9. The van der Waals surface area contributed by atoms with Gasteiger partial charge in [-0.1, -0.05) is 17.8 Å². The van der Waals surface area contributed by atoms with Crippen molar-refractivity contribution in [3.63, 3.8) is 0 Å². The largest absolute Gasteiger partial charge is 0.418 e. The summed E-state index contributed by atoms with van der Waals surface area (Å²) in [5.41, 5.74) is -1.40. The van der Waals surface area contributed by atoms with Crippen molar-refractivity contribution < 1.29 is 22.8 Å². The van der Waals surface area contributed by atoms with Gasteiger partial charge in [-0.05, 0) is 28.1 Å². The fourth-order valence-corrected chi connectivity index (χ4v) is 3.00. The Kier molecular flexibility index (Phi) is 4.81. The molecule has 0 saturated carbocycles. The fourth-order valence-electron chi connectivity index (χ4n) is 1.64. The minimum absolute atomic E-state index is 0.0828. The predicted octanol–water partition coefficient (Wildman–Crippen LogP) is 3.56. The van der Waals surface area contributed by atoms with E-state index in [1.54, 1.807) is 0 Å². The van der Waals surface area contributed by atoms with Gasteiger partial charge in [0.2, 0.25) is 5.91 Å². The van der Waals surface area contributed by atoms with Crippen molar-refractivity contribution in [2.45, 2.75) is 6.18 Å². The summed E-state index contributed by atoms with van der Waals surface area (Å²) < 4.78 is 38.9. The molecule has 1 aliphatic heterocycles. The first-order valence-electron chi connectivity index (χ1n) is 5.85. The van der Waals surface area contributed by atoms with Gasteiger partial charge in [0.05, 0.1) is 17.0 Å². The molecule has 1 aliphatic rings. The molecule has 0 radical (unpaired) electrons. The summed E-state index contributed by atoms with van der Waals surface area (Å²) >= 11 is 4.01. The van der Waals surface area contributed by atoms with Gasteiger partial charge in [-0.2, -0.15) is 18.2 Å². The zero-order valence-corrected chi connectivity index (χ0v) is 13.5. The number of nitrogens with zero attached hydrogens (tertiary/aromatic N) is 2. The number of anilines is 1. The third kappa shape index (κ3) is 3.61. The second-order valence-corrected chi connectivity index (χ2v) is 6.02. The summed E-state index contributed by atoms with van der Waals surface area (Å²) in [7, 11) is 1.44. The number of rotatable bonds is 1. The van der Waals surface area contributed by atoms with Crippen LogP contribution in [0.4, 0.5) is 23.7 Å². The molecule has 0 unspecified atom stereocenters. The van der Waals surface area contributed by atoms with E-state index < -0.39 is 23.5 Å². The van der Waals surface area contributed by atoms with Gasteiger partial charge < -0.3 is 5.32 Å². The number of urea groups is 1. The van der Waals surface area contributed by atoms with E-state index in [0.29, 0.717) is 0 Å². The lowest BCUT2D eigenvalue weighted by Gasteiger charge is -2.14. The number of carbonyl (C=O) groups excluding carboxylic acids is 2. The number of hydrogen-bond donors (Lipinski definition) is 1. The van der Waals surface area contributed by atoms with Gasteiger partial charge in [0.25, 0.3) is 0 Å². The van der Waals surface area contributed by atoms with Gasteiger partial charge in [0.15, 0.2) is 5.17 Å². The second-order valence-electron chi connectivity index (χ2n) is 4.23. The molecular weight excluding hydrogens is 387 g/mol. The zero-order valence-electron chi connectivity index (χ0n) is 11.1. The van der Waals surface area contributed by atoms with Gasteiger partial charge in [0.1, 0.15) is 0 Å². The quantitative estimate of drug-likeness (QED) is 0.790. The topological polar surface area (TPSA) is 61.8 Å². The van der Waals surface area contributed by atoms with Gasteiger partial charge in [-0.15, -0.1) is 0 Å². The molecule has 0 aromatic heterocycles. The minimum Gasteiger partial charge on any atom is -0.304 e. The lowest BCUT2D eigenvalue weighted by molar-refractivity contribution is -0.137. The van der Waals surface area contributed by atoms with Gasteiger partial charge in [0, 0.05) is 11.5 Å². The maximum Gasteiger partial charge on any atom is 0.418 e. The molecule has 3 amide bonds. The first kappa shape index (κ1) is 16.8. The average Bonchev–Trinajstić information content (AvgIpc) is 2.72. The standard InChI is InChI=1S/C12H9BrF3N3O2S/c1-19-8(20)5-22-11(19)18-10(21)17-9-6(12(14,15)16)3-2-4-7(9)13/h2-4H,5H2,1H3,(H,17,21). The molecule has 5 nitrogen and oxygen atoms in total. The Hall–Kier alpha value is -1.55. The van der Waals surface area contributed by atoms with E-state index in [4.69, 9.17) is 0 Å². The Morgan fingerprint density at radius 3 is 2.68 bits per heavy atom. The van der Waals surface area contributed by atoms with Crippen molar-refractivity contribution in [2.24, 2.45) is 4.99 Å².